The monoisotopic (exact) mass is 504 g/mol. The van der Waals surface area contributed by atoms with Crippen LogP contribution in [-0.4, -0.2) is 67.2 Å². The number of ether oxygens (including phenoxy) is 3. The van der Waals surface area contributed by atoms with Crippen molar-refractivity contribution in [3.05, 3.63) is 108 Å². The zero-order valence-electron chi connectivity index (χ0n) is 20.2. The highest BCUT2D eigenvalue weighted by Gasteiger charge is 2.48. The van der Waals surface area contributed by atoms with E-state index in [-0.39, 0.29) is 12.5 Å². The molecule has 3 aromatic carbocycles. The fourth-order valence-electron chi connectivity index (χ4n) is 4.14. The van der Waals surface area contributed by atoms with Crippen molar-refractivity contribution in [2.24, 2.45) is 0 Å². The Morgan fingerprint density at radius 3 is 1.84 bits per heavy atom. The van der Waals surface area contributed by atoms with Crippen LogP contribution in [0.15, 0.2) is 91.0 Å². The molecule has 4 rings (SSSR count). The summed E-state index contributed by atoms with van der Waals surface area (Å²) in [6.07, 6.45) is -4.52. The summed E-state index contributed by atoms with van der Waals surface area (Å²) in [5.74, 6) is -1.46. The maximum absolute atomic E-state index is 12.9. The molecule has 9 heteroatoms. The molecular formula is C28H28N2O7. The molecule has 0 unspecified atom stereocenters. The molecule has 9 nitrogen and oxygen atoms in total. The first-order valence-electron chi connectivity index (χ1n) is 11.8. The van der Waals surface area contributed by atoms with Crippen LogP contribution in [0.3, 0.4) is 0 Å². The molecule has 2 amide bonds. The van der Waals surface area contributed by atoms with E-state index >= 15 is 0 Å². The lowest BCUT2D eigenvalue weighted by atomic mass is 9.95. The second-order valence-corrected chi connectivity index (χ2v) is 8.44. The Morgan fingerprint density at radius 1 is 0.784 bits per heavy atom. The first kappa shape index (κ1) is 26.0. The number of hydrogen-bond donors (Lipinski definition) is 3. The number of aliphatic hydroxyl groups is 1. The second-order valence-electron chi connectivity index (χ2n) is 8.44. The fraction of sp³-hybridized carbons (Fsp3) is 0.250. The van der Waals surface area contributed by atoms with Crippen molar-refractivity contribution in [2.45, 2.75) is 30.6 Å². The second kappa shape index (κ2) is 12.3. The van der Waals surface area contributed by atoms with E-state index in [9.17, 15) is 19.5 Å². The highest BCUT2D eigenvalue weighted by Crippen LogP contribution is 2.26. The maximum Gasteiger partial charge on any atom is 0.338 e. The third-order valence-corrected chi connectivity index (χ3v) is 6.02. The van der Waals surface area contributed by atoms with Crippen molar-refractivity contribution in [3.63, 3.8) is 0 Å². The quantitative estimate of drug-likeness (QED) is 0.402. The average Bonchev–Trinajstić information content (AvgIpc) is 2.95. The predicted molar refractivity (Wildman–Crippen MR) is 134 cm³/mol. The molecule has 1 aliphatic rings. The Hall–Kier alpha value is -4.05. The van der Waals surface area contributed by atoms with Gasteiger partial charge in [0.25, 0.3) is 11.8 Å². The standard InChI is InChI=1S/C28H28N2O7/c1-35-24-22(30-26(32)19-13-7-3-8-14-19)28(34)36-21(17-29-25(31)18-11-5-2-6-12-18)23(24)37-27(33)20-15-9-4-10-16-20/h2-16,21-24,28,34H,17H2,1H3,(H,29,31)(H,30,32)/t21-,22-,23+,24-,28-/m1/s1. The smallest absolute Gasteiger partial charge is 0.338 e. The van der Waals surface area contributed by atoms with Crippen LogP contribution >= 0.6 is 0 Å². The topological polar surface area (TPSA) is 123 Å². The van der Waals surface area contributed by atoms with Crippen LogP contribution in [0.4, 0.5) is 0 Å². The number of hydrogen-bond acceptors (Lipinski definition) is 7. The van der Waals surface area contributed by atoms with Gasteiger partial charge in [-0.05, 0) is 36.4 Å². The van der Waals surface area contributed by atoms with Crippen LogP contribution in [0.25, 0.3) is 0 Å². The summed E-state index contributed by atoms with van der Waals surface area (Å²) >= 11 is 0. The van der Waals surface area contributed by atoms with E-state index in [2.05, 4.69) is 10.6 Å². The molecule has 0 spiro atoms. The molecule has 192 valence electrons. The molecule has 0 aromatic heterocycles. The normalized spacial score (nSPS) is 23.0. The van der Waals surface area contributed by atoms with Gasteiger partial charge in [0.05, 0.1) is 5.56 Å². The minimum atomic E-state index is -1.50. The Morgan fingerprint density at radius 2 is 1.30 bits per heavy atom. The van der Waals surface area contributed by atoms with Gasteiger partial charge in [-0.15, -0.1) is 0 Å². The number of amides is 2. The summed E-state index contributed by atoms with van der Waals surface area (Å²) in [6.45, 7) is -0.0866. The lowest BCUT2D eigenvalue weighted by Gasteiger charge is -2.44. The van der Waals surface area contributed by atoms with Crippen LogP contribution in [-0.2, 0) is 14.2 Å². The van der Waals surface area contributed by atoms with Gasteiger partial charge >= 0.3 is 5.97 Å². The highest BCUT2D eigenvalue weighted by atomic mass is 16.6. The van der Waals surface area contributed by atoms with Crippen LogP contribution in [0, 0.1) is 0 Å². The minimum Gasteiger partial charge on any atom is -0.453 e. The predicted octanol–water partition coefficient (Wildman–Crippen LogP) is 2.17. The van der Waals surface area contributed by atoms with Crippen molar-refractivity contribution in [1.29, 1.82) is 0 Å². The van der Waals surface area contributed by atoms with Gasteiger partial charge in [-0.1, -0.05) is 54.6 Å². The van der Waals surface area contributed by atoms with Gasteiger partial charge in [0.15, 0.2) is 12.4 Å². The van der Waals surface area contributed by atoms with E-state index in [1.165, 1.54) is 7.11 Å². The van der Waals surface area contributed by atoms with Crippen molar-refractivity contribution in [3.8, 4) is 0 Å². The van der Waals surface area contributed by atoms with Gasteiger partial charge in [0, 0.05) is 24.8 Å². The van der Waals surface area contributed by atoms with E-state index in [1.54, 1.807) is 91.0 Å². The SMILES string of the molecule is CO[C@@H]1[C@@H](NC(=O)c2ccccc2)[C@H](O)O[C@H](CNC(=O)c2ccccc2)[C@@H]1OC(=O)c1ccccc1. The Labute approximate surface area is 214 Å². The third-order valence-electron chi connectivity index (χ3n) is 6.02. The molecule has 0 saturated carbocycles. The molecule has 5 atom stereocenters. The number of carbonyl (C=O) groups excluding carboxylic acids is 3. The molecule has 0 bridgehead atoms. The zero-order valence-corrected chi connectivity index (χ0v) is 20.2. The summed E-state index contributed by atoms with van der Waals surface area (Å²) in [6, 6.07) is 24.4. The van der Waals surface area contributed by atoms with E-state index in [0.29, 0.717) is 16.7 Å². The van der Waals surface area contributed by atoms with Gasteiger partial charge < -0.3 is 30.0 Å². The molecule has 3 aromatic rings. The lowest BCUT2D eigenvalue weighted by molar-refractivity contribution is -0.248. The Bertz CT molecular complexity index is 1190. The van der Waals surface area contributed by atoms with Gasteiger partial charge in [0.1, 0.15) is 18.2 Å². The van der Waals surface area contributed by atoms with Crippen molar-refractivity contribution in [1.82, 2.24) is 10.6 Å². The van der Waals surface area contributed by atoms with Crippen molar-refractivity contribution >= 4 is 17.8 Å². The Balaban J connectivity index is 1.55. The number of benzene rings is 3. The van der Waals surface area contributed by atoms with Gasteiger partial charge in [0.2, 0.25) is 0 Å². The lowest BCUT2D eigenvalue weighted by Crippen LogP contribution is -2.66. The zero-order chi connectivity index (χ0) is 26.2. The molecule has 0 radical (unpaired) electrons. The highest BCUT2D eigenvalue weighted by molar-refractivity contribution is 5.95. The Kier molecular flexibility index (Phi) is 8.63. The van der Waals surface area contributed by atoms with E-state index < -0.39 is 42.5 Å². The molecule has 1 heterocycles. The van der Waals surface area contributed by atoms with E-state index in [0.717, 1.165) is 0 Å². The van der Waals surface area contributed by atoms with Crippen LogP contribution in [0.2, 0.25) is 0 Å². The molecular weight excluding hydrogens is 476 g/mol. The van der Waals surface area contributed by atoms with Gasteiger partial charge in [-0.3, -0.25) is 9.59 Å². The number of nitrogens with one attached hydrogen (secondary N) is 2. The van der Waals surface area contributed by atoms with Crippen LogP contribution in [0.5, 0.6) is 0 Å². The van der Waals surface area contributed by atoms with E-state index in [1.807, 2.05) is 0 Å². The molecule has 3 N–H and O–H groups in total. The molecule has 1 aliphatic heterocycles. The number of rotatable bonds is 8. The number of methoxy groups -OCH3 is 1. The first-order valence-corrected chi connectivity index (χ1v) is 11.8. The minimum absolute atomic E-state index is 0.0866. The van der Waals surface area contributed by atoms with E-state index in [4.69, 9.17) is 14.2 Å². The largest absolute Gasteiger partial charge is 0.453 e. The van der Waals surface area contributed by atoms with Crippen molar-refractivity contribution in [2.75, 3.05) is 13.7 Å². The number of carbonyl (C=O) groups is 3. The number of aliphatic hydroxyl groups excluding tert-OH is 1. The van der Waals surface area contributed by atoms with Gasteiger partial charge in [-0.2, -0.15) is 0 Å². The van der Waals surface area contributed by atoms with Crippen LogP contribution in [0.1, 0.15) is 31.1 Å². The van der Waals surface area contributed by atoms with Crippen molar-refractivity contribution < 1.29 is 33.7 Å². The maximum atomic E-state index is 12.9. The summed E-state index contributed by atoms with van der Waals surface area (Å²) in [7, 11) is 1.38. The molecule has 0 aliphatic carbocycles. The summed E-state index contributed by atoms with van der Waals surface area (Å²) in [5.41, 5.74) is 1.12. The number of esters is 1. The third kappa shape index (κ3) is 6.39. The summed E-state index contributed by atoms with van der Waals surface area (Å²) < 4.78 is 17.2. The van der Waals surface area contributed by atoms with Crippen LogP contribution < -0.4 is 10.6 Å². The first-order chi connectivity index (χ1) is 18.0. The summed E-state index contributed by atoms with van der Waals surface area (Å²) in [5, 5.41) is 16.3. The molecule has 37 heavy (non-hydrogen) atoms. The van der Waals surface area contributed by atoms with Gasteiger partial charge in [-0.25, -0.2) is 4.79 Å². The molecule has 1 fully saturated rings. The molecule has 1 saturated heterocycles. The summed E-state index contributed by atoms with van der Waals surface area (Å²) in [4.78, 5) is 38.4. The fourth-order valence-corrected chi connectivity index (χ4v) is 4.14. The average molecular weight is 505 g/mol.